The molecule has 0 saturated carbocycles. The molecule has 1 heterocycles. The van der Waals surface area contributed by atoms with Crippen molar-refractivity contribution in [2.45, 2.75) is 44.8 Å². The van der Waals surface area contributed by atoms with Gasteiger partial charge in [0.05, 0.1) is 22.1 Å². The van der Waals surface area contributed by atoms with Gasteiger partial charge in [-0.1, -0.05) is 17.7 Å². The maximum Gasteiger partial charge on any atom is 0.480 e. The Morgan fingerprint density at radius 3 is 2.29 bits per heavy atom. The van der Waals surface area contributed by atoms with E-state index in [9.17, 15) is 10.1 Å². The largest absolute Gasteiger partial charge is 0.480 e. The second-order valence-corrected chi connectivity index (χ2v) is 6.53. The lowest BCUT2D eigenvalue weighted by Gasteiger charge is -2.32. The number of hydrogen-bond acceptors (Lipinski definition) is 5. The van der Waals surface area contributed by atoms with Crippen LogP contribution in [-0.4, -0.2) is 23.2 Å². The molecule has 0 aromatic heterocycles. The predicted molar refractivity (Wildman–Crippen MR) is 81.1 cm³/mol. The molecule has 21 heavy (non-hydrogen) atoms. The first-order chi connectivity index (χ1) is 9.55. The third-order valence-corrected chi connectivity index (χ3v) is 4.44. The quantitative estimate of drug-likeness (QED) is 0.527. The number of hydrogen-bond donors (Lipinski definition) is 1. The zero-order chi connectivity index (χ0) is 16.0. The fraction of sp³-hybridized carbons (Fsp3) is 0.538. The molecule has 1 aromatic rings. The van der Waals surface area contributed by atoms with Crippen LogP contribution < -0.4 is 5.73 Å². The summed E-state index contributed by atoms with van der Waals surface area (Å²) < 4.78 is 11.7. The lowest BCUT2D eigenvalue weighted by Crippen LogP contribution is -2.41. The van der Waals surface area contributed by atoms with E-state index in [0.717, 1.165) is 0 Å². The lowest BCUT2D eigenvalue weighted by molar-refractivity contribution is -0.384. The fourth-order valence-corrected chi connectivity index (χ4v) is 2.26. The zero-order valence-electron chi connectivity index (χ0n) is 12.4. The summed E-state index contributed by atoms with van der Waals surface area (Å²) in [5, 5.41) is 11.0. The summed E-state index contributed by atoms with van der Waals surface area (Å²) in [6.45, 7) is 7.68. The predicted octanol–water partition coefficient (Wildman–Crippen LogP) is 2.88. The van der Waals surface area contributed by atoms with E-state index in [0.29, 0.717) is 5.56 Å². The van der Waals surface area contributed by atoms with Crippen molar-refractivity contribution in [1.82, 2.24) is 0 Å². The van der Waals surface area contributed by atoms with E-state index in [-0.39, 0.29) is 10.7 Å². The van der Waals surface area contributed by atoms with Crippen LogP contribution in [0.1, 0.15) is 39.2 Å². The molecule has 0 spiro atoms. The average molecular weight is 313 g/mol. The first-order valence-electron chi connectivity index (χ1n) is 6.60. The highest BCUT2D eigenvalue weighted by Gasteiger charge is 2.53. The molecule has 0 bridgehead atoms. The summed E-state index contributed by atoms with van der Waals surface area (Å²) in [7, 11) is -0.671. The van der Waals surface area contributed by atoms with Crippen LogP contribution in [0.4, 0.5) is 5.69 Å². The molecule has 2 N–H and O–H groups in total. The smallest absolute Gasteiger partial charge is 0.402 e. The molecule has 1 atom stereocenters. The molecule has 0 unspecified atom stereocenters. The molecule has 6 nitrogen and oxygen atoms in total. The van der Waals surface area contributed by atoms with Gasteiger partial charge in [-0.15, -0.1) is 0 Å². The molecule has 8 heteroatoms. The summed E-state index contributed by atoms with van der Waals surface area (Å²) >= 11 is 5.80. The minimum absolute atomic E-state index is 0.0740. The number of halogens is 1. The minimum Gasteiger partial charge on any atom is -0.402 e. The first kappa shape index (κ1) is 16.2. The first-order valence-corrected chi connectivity index (χ1v) is 6.98. The maximum atomic E-state index is 10.9. The Kier molecular flexibility index (Phi) is 4.05. The molecule has 0 aliphatic carbocycles. The van der Waals surface area contributed by atoms with Crippen LogP contribution in [0, 0.1) is 10.1 Å². The molecule has 1 fully saturated rings. The molecular weight excluding hydrogens is 294 g/mol. The standard InChI is InChI=1S/C13H18BClN2O4/c1-12(2)13(3,4)21-14(20-12)11(16)8-5-6-9(15)10(7-8)17(18)19/h5-7,11H,16H2,1-4H3/t11-/m0/s1. The van der Waals surface area contributed by atoms with Crippen molar-refractivity contribution < 1.29 is 14.2 Å². The van der Waals surface area contributed by atoms with E-state index in [1.807, 2.05) is 27.7 Å². The van der Waals surface area contributed by atoms with Gasteiger partial charge in [0.1, 0.15) is 5.02 Å². The van der Waals surface area contributed by atoms with Gasteiger partial charge in [-0.05, 0) is 39.3 Å². The van der Waals surface area contributed by atoms with Gasteiger partial charge in [-0.2, -0.15) is 0 Å². The number of nitrogens with zero attached hydrogens (tertiary/aromatic N) is 1. The Labute approximate surface area is 128 Å². The number of nitrogens with two attached hydrogens (primary N) is 1. The summed E-state index contributed by atoms with van der Waals surface area (Å²) in [6.07, 6.45) is 0. The Morgan fingerprint density at radius 2 is 1.81 bits per heavy atom. The van der Waals surface area contributed by atoms with Crippen molar-refractivity contribution >= 4 is 24.4 Å². The Bertz CT molecular complexity index is 563. The van der Waals surface area contributed by atoms with Crippen molar-refractivity contribution in [2.24, 2.45) is 5.73 Å². The van der Waals surface area contributed by atoms with Gasteiger partial charge in [0.25, 0.3) is 5.69 Å². The van der Waals surface area contributed by atoms with Crippen LogP contribution in [-0.2, 0) is 9.31 Å². The van der Waals surface area contributed by atoms with Crippen molar-refractivity contribution in [3.8, 4) is 0 Å². The molecule has 1 aliphatic heterocycles. The second kappa shape index (κ2) is 5.24. The van der Waals surface area contributed by atoms with Gasteiger partial charge in [0.2, 0.25) is 0 Å². The molecule has 0 amide bonds. The van der Waals surface area contributed by atoms with Gasteiger partial charge in [-0.25, -0.2) is 0 Å². The minimum atomic E-state index is -0.671. The topological polar surface area (TPSA) is 87.6 Å². The molecule has 1 aromatic carbocycles. The zero-order valence-corrected chi connectivity index (χ0v) is 13.2. The molecular formula is C13H18BClN2O4. The molecule has 1 aliphatic rings. The second-order valence-electron chi connectivity index (χ2n) is 6.12. The number of nitro benzene ring substituents is 1. The van der Waals surface area contributed by atoms with E-state index in [4.69, 9.17) is 26.6 Å². The molecule has 1 saturated heterocycles. The van der Waals surface area contributed by atoms with Crippen molar-refractivity contribution in [2.75, 3.05) is 0 Å². The maximum absolute atomic E-state index is 10.9. The van der Waals surface area contributed by atoms with Crippen LogP contribution in [0.2, 0.25) is 5.02 Å². The number of rotatable bonds is 3. The average Bonchev–Trinajstić information content (AvgIpc) is 2.58. The van der Waals surface area contributed by atoms with Crippen LogP contribution in [0.5, 0.6) is 0 Å². The van der Waals surface area contributed by atoms with E-state index < -0.39 is 29.2 Å². The number of benzene rings is 1. The third-order valence-electron chi connectivity index (χ3n) is 4.12. The fourth-order valence-electron chi connectivity index (χ4n) is 2.07. The van der Waals surface area contributed by atoms with Crippen LogP contribution in [0.25, 0.3) is 0 Å². The van der Waals surface area contributed by atoms with Crippen LogP contribution in [0.15, 0.2) is 18.2 Å². The Hall–Kier alpha value is -1.15. The van der Waals surface area contributed by atoms with E-state index in [2.05, 4.69) is 0 Å². The molecule has 0 radical (unpaired) electrons. The lowest BCUT2D eigenvalue weighted by atomic mass is 9.75. The highest BCUT2D eigenvalue weighted by atomic mass is 35.5. The highest BCUT2D eigenvalue weighted by Crippen LogP contribution is 2.40. The van der Waals surface area contributed by atoms with Crippen LogP contribution in [0.3, 0.4) is 0 Å². The summed E-state index contributed by atoms with van der Waals surface area (Å²) in [4.78, 5) is 10.4. The molecule has 2 rings (SSSR count). The van der Waals surface area contributed by atoms with E-state index in [1.54, 1.807) is 6.07 Å². The number of nitro groups is 1. The van der Waals surface area contributed by atoms with Gasteiger partial charge in [0.15, 0.2) is 0 Å². The Balaban J connectivity index is 2.28. The van der Waals surface area contributed by atoms with Gasteiger partial charge >= 0.3 is 7.12 Å². The molecule has 114 valence electrons. The van der Waals surface area contributed by atoms with Crippen molar-refractivity contribution in [3.05, 3.63) is 38.9 Å². The Morgan fingerprint density at radius 1 is 1.29 bits per heavy atom. The van der Waals surface area contributed by atoms with Gasteiger partial charge in [0, 0.05) is 6.07 Å². The monoisotopic (exact) mass is 312 g/mol. The van der Waals surface area contributed by atoms with Gasteiger partial charge in [-0.3, -0.25) is 10.1 Å². The third kappa shape index (κ3) is 2.92. The normalized spacial score (nSPS) is 21.3. The SMILES string of the molecule is CC1(C)OB([C@@H](N)c2ccc(Cl)c([N+](=O)[O-])c2)OC1(C)C. The highest BCUT2D eigenvalue weighted by molar-refractivity contribution is 6.47. The van der Waals surface area contributed by atoms with E-state index >= 15 is 0 Å². The summed E-state index contributed by atoms with van der Waals surface area (Å²) in [5.74, 6) is -0.637. The summed E-state index contributed by atoms with van der Waals surface area (Å²) in [6, 6.07) is 4.46. The summed E-state index contributed by atoms with van der Waals surface area (Å²) in [5.41, 5.74) is 5.50. The van der Waals surface area contributed by atoms with Crippen LogP contribution >= 0.6 is 11.6 Å². The van der Waals surface area contributed by atoms with Crippen molar-refractivity contribution in [1.29, 1.82) is 0 Å². The van der Waals surface area contributed by atoms with Gasteiger partial charge < -0.3 is 15.0 Å². The van der Waals surface area contributed by atoms with E-state index in [1.165, 1.54) is 12.1 Å². The van der Waals surface area contributed by atoms with Crippen molar-refractivity contribution in [3.63, 3.8) is 0 Å².